The minimum atomic E-state index is -1.23. The van der Waals surface area contributed by atoms with Gasteiger partial charge in [-0.05, 0) is 39.3 Å². The number of hydrogen-bond donors (Lipinski definition) is 1. The number of carbonyl (C=O) groups is 4. The molecule has 2 heterocycles. The molecule has 12 nitrogen and oxygen atoms in total. The lowest BCUT2D eigenvalue weighted by Gasteiger charge is -2.28. The summed E-state index contributed by atoms with van der Waals surface area (Å²) in [5.74, 6) is -1.24. The first-order valence-corrected chi connectivity index (χ1v) is 13.1. The predicted octanol–water partition coefficient (Wildman–Crippen LogP) is 3.02. The van der Waals surface area contributed by atoms with Gasteiger partial charge in [0.1, 0.15) is 34.8 Å². The summed E-state index contributed by atoms with van der Waals surface area (Å²) in [5, 5.41) is 3.38. The predicted molar refractivity (Wildman–Crippen MR) is 147 cm³/mol. The van der Waals surface area contributed by atoms with Crippen molar-refractivity contribution in [3.05, 3.63) is 42.6 Å². The number of benzene rings is 1. The van der Waals surface area contributed by atoms with E-state index in [0.717, 1.165) is 0 Å². The summed E-state index contributed by atoms with van der Waals surface area (Å²) in [6, 6.07) is 5.58. The van der Waals surface area contributed by atoms with Crippen molar-refractivity contribution in [1.29, 1.82) is 0 Å². The van der Waals surface area contributed by atoms with Crippen LogP contribution in [0.25, 0.3) is 10.9 Å². The van der Waals surface area contributed by atoms with Gasteiger partial charge in [-0.25, -0.2) is 19.4 Å². The first-order chi connectivity index (χ1) is 19.3. The monoisotopic (exact) mass is 569 g/mol. The summed E-state index contributed by atoms with van der Waals surface area (Å²) in [5.41, 5.74) is -1.60. The number of amides is 2. The molecule has 1 aliphatic carbocycles. The van der Waals surface area contributed by atoms with Crippen molar-refractivity contribution < 1.29 is 42.9 Å². The minimum Gasteiger partial charge on any atom is -0.497 e. The fraction of sp³-hybridized carbons (Fsp3) is 0.483. The number of methoxy groups -OCH3 is 3. The van der Waals surface area contributed by atoms with E-state index in [4.69, 9.17) is 23.7 Å². The number of ether oxygens (including phenoxy) is 5. The van der Waals surface area contributed by atoms with Crippen LogP contribution in [0.1, 0.15) is 44.1 Å². The smallest absolute Gasteiger partial charge is 0.411 e. The number of aromatic nitrogens is 1. The van der Waals surface area contributed by atoms with E-state index >= 15 is 0 Å². The number of rotatable bonds is 8. The molecule has 1 aliphatic heterocycles. The number of nitrogens with zero attached hydrogens (tertiary/aromatic N) is 2. The summed E-state index contributed by atoms with van der Waals surface area (Å²) in [4.78, 5) is 57.3. The van der Waals surface area contributed by atoms with Crippen molar-refractivity contribution in [2.75, 3.05) is 27.9 Å². The van der Waals surface area contributed by atoms with Crippen molar-refractivity contribution in [3.8, 4) is 11.5 Å². The molecule has 4 rings (SSSR count). The molecule has 1 saturated carbocycles. The second kappa shape index (κ2) is 11.3. The van der Waals surface area contributed by atoms with Crippen molar-refractivity contribution in [2.45, 2.75) is 56.9 Å². The quantitative estimate of drug-likeness (QED) is 0.286. The van der Waals surface area contributed by atoms with E-state index in [1.54, 1.807) is 45.0 Å². The number of pyridine rings is 1. The zero-order valence-electron chi connectivity index (χ0n) is 24.0. The summed E-state index contributed by atoms with van der Waals surface area (Å²) < 4.78 is 27.0. The molecule has 1 aromatic heterocycles. The van der Waals surface area contributed by atoms with E-state index in [9.17, 15) is 19.2 Å². The molecule has 1 aromatic carbocycles. The molecule has 2 amide bonds. The Morgan fingerprint density at radius 2 is 1.85 bits per heavy atom. The maximum Gasteiger partial charge on any atom is 0.411 e. The number of nitrogens with one attached hydrogen (secondary N) is 1. The molecule has 0 unspecified atom stereocenters. The van der Waals surface area contributed by atoms with Gasteiger partial charge in [0.25, 0.3) is 0 Å². The normalized spacial score (nSPS) is 23.4. The zero-order valence-corrected chi connectivity index (χ0v) is 24.0. The molecule has 12 heteroatoms. The third kappa shape index (κ3) is 6.06. The second-order valence-corrected chi connectivity index (χ2v) is 11.0. The third-order valence-electron chi connectivity index (χ3n) is 7.06. The van der Waals surface area contributed by atoms with Crippen molar-refractivity contribution in [2.24, 2.45) is 5.92 Å². The maximum atomic E-state index is 13.6. The average Bonchev–Trinajstić information content (AvgIpc) is 3.48. The van der Waals surface area contributed by atoms with E-state index in [0.29, 0.717) is 28.8 Å². The number of carbonyl (C=O) groups excluding carboxylic acids is 4. The van der Waals surface area contributed by atoms with Crippen LogP contribution in [0.4, 0.5) is 4.79 Å². The molecule has 1 N–H and O–H groups in total. The number of hydrogen-bond acceptors (Lipinski definition) is 10. The van der Waals surface area contributed by atoms with Crippen LogP contribution in [0.3, 0.4) is 0 Å². The van der Waals surface area contributed by atoms with Crippen LogP contribution in [-0.4, -0.2) is 85.0 Å². The van der Waals surface area contributed by atoms with Crippen LogP contribution in [0.15, 0.2) is 36.9 Å². The van der Waals surface area contributed by atoms with E-state index in [2.05, 4.69) is 16.9 Å². The van der Waals surface area contributed by atoms with Gasteiger partial charge >= 0.3 is 18.0 Å². The topological polar surface area (TPSA) is 143 Å². The molecule has 0 radical (unpaired) electrons. The lowest BCUT2D eigenvalue weighted by Crippen LogP contribution is -2.53. The standard InChI is InChI=1S/C29H35N3O9/c1-8-16-14-29(16,26(35)39-7)31-24(33)22-12-18(15-32(22)27(36)41-28(2,3)4)40-23-13-21(25(34)38-6)30-20-11-17(37-5)9-10-19(20)23/h8-11,13,16,18,22H,1,12,14-15H2,2-7H3,(H,31,33)/t16-,18-,22+,29-/m1/s1. The highest BCUT2D eigenvalue weighted by Crippen LogP contribution is 2.45. The van der Waals surface area contributed by atoms with Crippen LogP contribution < -0.4 is 14.8 Å². The fourth-order valence-electron chi connectivity index (χ4n) is 4.93. The lowest BCUT2D eigenvalue weighted by atomic mass is 10.1. The first-order valence-electron chi connectivity index (χ1n) is 13.1. The van der Waals surface area contributed by atoms with Gasteiger partial charge in [0.05, 0.1) is 33.4 Å². The summed E-state index contributed by atoms with van der Waals surface area (Å²) in [6.45, 7) is 8.91. The molecule has 0 bridgehead atoms. The van der Waals surface area contributed by atoms with Gasteiger partial charge in [0.2, 0.25) is 5.91 Å². The fourth-order valence-corrected chi connectivity index (χ4v) is 4.93. The number of fused-ring (bicyclic) bond motifs is 1. The van der Waals surface area contributed by atoms with Crippen molar-refractivity contribution in [3.63, 3.8) is 0 Å². The largest absolute Gasteiger partial charge is 0.497 e. The number of esters is 2. The summed E-state index contributed by atoms with van der Waals surface area (Å²) in [6.07, 6.45) is 0.656. The van der Waals surface area contributed by atoms with E-state index in [-0.39, 0.29) is 24.6 Å². The van der Waals surface area contributed by atoms with E-state index in [1.165, 1.54) is 32.3 Å². The number of likely N-dealkylation sites (tertiary alicyclic amines) is 1. The van der Waals surface area contributed by atoms with Gasteiger partial charge in [-0.15, -0.1) is 6.58 Å². The molecular formula is C29H35N3O9. The first kappa shape index (κ1) is 29.6. The molecule has 1 saturated heterocycles. The van der Waals surface area contributed by atoms with Crippen LogP contribution >= 0.6 is 0 Å². The van der Waals surface area contributed by atoms with Gasteiger partial charge in [0.15, 0.2) is 5.69 Å². The lowest BCUT2D eigenvalue weighted by molar-refractivity contribution is -0.147. The Morgan fingerprint density at radius 1 is 1.12 bits per heavy atom. The molecule has 220 valence electrons. The van der Waals surface area contributed by atoms with E-state index < -0.39 is 47.2 Å². The Bertz CT molecular complexity index is 1390. The summed E-state index contributed by atoms with van der Waals surface area (Å²) in [7, 11) is 4.01. The van der Waals surface area contributed by atoms with Crippen LogP contribution in [0.2, 0.25) is 0 Å². The molecule has 4 atom stereocenters. The Morgan fingerprint density at radius 3 is 2.44 bits per heavy atom. The molecule has 2 aromatic rings. The van der Waals surface area contributed by atoms with Crippen LogP contribution in [-0.2, 0) is 23.8 Å². The molecule has 2 aliphatic rings. The minimum absolute atomic E-state index is 0.0106. The Kier molecular flexibility index (Phi) is 8.14. The summed E-state index contributed by atoms with van der Waals surface area (Å²) >= 11 is 0. The molecule has 41 heavy (non-hydrogen) atoms. The Hall–Kier alpha value is -4.35. The highest BCUT2D eigenvalue weighted by Gasteiger charge is 2.62. The highest BCUT2D eigenvalue weighted by atomic mass is 16.6. The van der Waals surface area contributed by atoms with E-state index in [1.807, 2.05) is 0 Å². The zero-order chi connectivity index (χ0) is 30.1. The van der Waals surface area contributed by atoms with Gasteiger partial charge in [-0.3, -0.25) is 9.69 Å². The Labute approximate surface area is 237 Å². The third-order valence-corrected chi connectivity index (χ3v) is 7.06. The SMILES string of the molecule is C=C[C@@H]1C[C@]1(NC(=O)[C@@H]1C[C@@H](Oc2cc(C(=O)OC)nc3cc(OC)ccc23)CN1C(=O)OC(C)(C)C)C(=O)OC. The van der Waals surface area contributed by atoms with Crippen molar-refractivity contribution >= 4 is 34.8 Å². The van der Waals surface area contributed by atoms with Crippen molar-refractivity contribution in [1.82, 2.24) is 15.2 Å². The molecule has 0 spiro atoms. The van der Waals surface area contributed by atoms with Crippen LogP contribution in [0.5, 0.6) is 11.5 Å². The van der Waals surface area contributed by atoms with Gasteiger partial charge < -0.3 is 29.0 Å². The Balaban J connectivity index is 1.65. The van der Waals surface area contributed by atoms with Gasteiger partial charge in [-0.2, -0.15) is 0 Å². The van der Waals surface area contributed by atoms with Crippen LogP contribution in [0, 0.1) is 5.92 Å². The van der Waals surface area contributed by atoms with Gasteiger partial charge in [0, 0.05) is 29.9 Å². The highest BCUT2D eigenvalue weighted by molar-refractivity contribution is 5.96. The molecular weight excluding hydrogens is 534 g/mol. The second-order valence-electron chi connectivity index (χ2n) is 11.0. The molecule has 2 fully saturated rings. The van der Waals surface area contributed by atoms with Gasteiger partial charge in [-0.1, -0.05) is 6.08 Å². The average molecular weight is 570 g/mol. The maximum absolute atomic E-state index is 13.6.